The molecule has 0 saturated heterocycles. The topological polar surface area (TPSA) is 24.7 Å². The Bertz CT molecular complexity index is 985. The molecule has 0 N–H and O–H groups in total. The van der Waals surface area contributed by atoms with Crippen LogP contribution in [0.2, 0.25) is 0 Å². The predicted molar refractivity (Wildman–Crippen MR) is 131 cm³/mol. The SMILES string of the molecule is C=CCCCCCc1ccc(/C=N/N=C/c2ccc(-c3ccc(CF)cc3)cc2)cc1. The lowest BCUT2D eigenvalue weighted by molar-refractivity contribution is 0.485. The Morgan fingerprint density at radius 1 is 0.645 bits per heavy atom. The maximum absolute atomic E-state index is 12.6. The molecule has 2 nitrogen and oxygen atoms in total. The summed E-state index contributed by atoms with van der Waals surface area (Å²) in [6.07, 6.45) is 11.4. The maximum atomic E-state index is 12.6. The van der Waals surface area contributed by atoms with Crippen molar-refractivity contribution in [3.8, 4) is 11.1 Å². The van der Waals surface area contributed by atoms with E-state index in [1.165, 1.54) is 24.8 Å². The van der Waals surface area contributed by atoms with Crippen molar-refractivity contribution in [2.24, 2.45) is 10.2 Å². The zero-order valence-electron chi connectivity index (χ0n) is 17.9. The Balaban J connectivity index is 1.48. The van der Waals surface area contributed by atoms with Gasteiger partial charge in [0.25, 0.3) is 0 Å². The molecule has 0 unspecified atom stereocenters. The Morgan fingerprint density at radius 3 is 1.71 bits per heavy atom. The monoisotopic (exact) mass is 412 g/mol. The van der Waals surface area contributed by atoms with Crippen LogP contribution in [0.25, 0.3) is 11.1 Å². The highest BCUT2D eigenvalue weighted by molar-refractivity contribution is 5.83. The minimum absolute atomic E-state index is 0.434. The number of nitrogens with zero attached hydrogens (tertiary/aromatic N) is 2. The summed E-state index contributed by atoms with van der Waals surface area (Å²) in [5.41, 5.74) is 6.23. The van der Waals surface area contributed by atoms with Crippen LogP contribution in [0, 0.1) is 0 Å². The highest BCUT2D eigenvalue weighted by atomic mass is 19.1. The summed E-state index contributed by atoms with van der Waals surface area (Å²) in [4.78, 5) is 0. The zero-order valence-corrected chi connectivity index (χ0v) is 17.9. The fourth-order valence-corrected chi connectivity index (χ4v) is 3.31. The molecular formula is C28H29FN2. The van der Waals surface area contributed by atoms with Gasteiger partial charge in [-0.2, -0.15) is 10.2 Å². The Kier molecular flexibility index (Phi) is 8.93. The number of rotatable bonds is 11. The summed E-state index contributed by atoms with van der Waals surface area (Å²) in [7, 11) is 0. The lowest BCUT2D eigenvalue weighted by Crippen LogP contribution is -1.88. The third-order valence-electron chi connectivity index (χ3n) is 5.19. The summed E-state index contributed by atoms with van der Waals surface area (Å²) in [5, 5.41) is 8.32. The average molecular weight is 413 g/mol. The first kappa shape index (κ1) is 22.4. The molecule has 31 heavy (non-hydrogen) atoms. The predicted octanol–water partition coefficient (Wildman–Crippen LogP) is 7.57. The van der Waals surface area contributed by atoms with Gasteiger partial charge >= 0.3 is 0 Å². The van der Waals surface area contributed by atoms with E-state index in [1.807, 2.05) is 54.6 Å². The molecule has 0 spiro atoms. The molecule has 0 aliphatic rings. The third kappa shape index (κ3) is 7.45. The van der Waals surface area contributed by atoms with E-state index in [9.17, 15) is 4.39 Å². The van der Waals surface area contributed by atoms with Crippen molar-refractivity contribution in [2.75, 3.05) is 0 Å². The second-order valence-electron chi connectivity index (χ2n) is 7.57. The summed E-state index contributed by atoms with van der Waals surface area (Å²) < 4.78 is 12.6. The molecule has 0 amide bonds. The van der Waals surface area contributed by atoms with E-state index in [2.05, 4.69) is 41.0 Å². The van der Waals surface area contributed by atoms with Gasteiger partial charge in [0.1, 0.15) is 6.67 Å². The Morgan fingerprint density at radius 2 is 1.16 bits per heavy atom. The molecule has 0 aliphatic heterocycles. The molecule has 0 bridgehead atoms. The van der Waals surface area contributed by atoms with Crippen molar-refractivity contribution < 1.29 is 4.39 Å². The first-order chi connectivity index (χ1) is 15.3. The third-order valence-corrected chi connectivity index (χ3v) is 5.19. The molecule has 3 rings (SSSR count). The lowest BCUT2D eigenvalue weighted by Gasteiger charge is -2.03. The zero-order chi connectivity index (χ0) is 21.7. The van der Waals surface area contributed by atoms with Crippen LogP contribution in [-0.4, -0.2) is 12.4 Å². The molecule has 0 atom stereocenters. The van der Waals surface area contributed by atoms with Crippen molar-refractivity contribution in [1.82, 2.24) is 0 Å². The first-order valence-corrected chi connectivity index (χ1v) is 10.8. The number of unbranched alkanes of at least 4 members (excludes halogenated alkanes) is 3. The van der Waals surface area contributed by atoms with Crippen molar-refractivity contribution in [3.05, 3.63) is 108 Å². The number of hydrogen-bond acceptors (Lipinski definition) is 2. The maximum Gasteiger partial charge on any atom is 0.115 e. The van der Waals surface area contributed by atoms with Crippen LogP contribution in [0.4, 0.5) is 4.39 Å². The standard InChI is InChI=1S/C28H29FN2/c1-2-3-4-5-6-7-23-8-10-25(11-9-23)21-30-31-22-26-14-18-28(19-15-26)27-16-12-24(20-29)13-17-27/h2,8-19,21-22H,1,3-7,20H2/b30-21+,31-22+. The summed E-state index contributed by atoms with van der Waals surface area (Å²) in [6.45, 7) is 3.33. The van der Waals surface area contributed by atoms with Gasteiger partial charge in [-0.05, 0) is 59.1 Å². The molecule has 0 fully saturated rings. The van der Waals surface area contributed by atoms with E-state index in [-0.39, 0.29) is 0 Å². The van der Waals surface area contributed by atoms with E-state index < -0.39 is 6.67 Å². The minimum Gasteiger partial charge on any atom is -0.246 e. The summed E-state index contributed by atoms with van der Waals surface area (Å²) in [6, 6.07) is 24.1. The fraction of sp³-hybridized carbons (Fsp3) is 0.214. The van der Waals surface area contributed by atoms with Gasteiger partial charge in [-0.15, -0.1) is 6.58 Å². The van der Waals surface area contributed by atoms with Crippen LogP contribution in [-0.2, 0) is 13.1 Å². The van der Waals surface area contributed by atoms with Gasteiger partial charge in [0.2, 0.25) is 0 Å². The second kappa shape index (κ2) is 12.4. The molecule has 0 heterocycles. The number of halogens is 1. The smallest absolute Gasteiger partial charge is 0.115 e. The molecule has 0 radical (unpaired) electrons. The van der Waals surface area contributed by atoms with Gasteiger partial charge in [0.05, 0.1) is 12.4 Å². The lowest BCUT2D eigenvalue weighted by atomic mass is 10.0. The van der Waals surface area contributed by atoms with Gasteiger partial charge in [0.15, 0.2) is 0 Å². The van der Waals surface area contributed by atoms with Crippen LogP contribution in [0.15, 0.2) is 95.7 Å². The van der Waals surface area contributed by atoms with Crippen molar-refractivity contribution in [3.63, 3.8) is 0 Å². The molecule has 0 aromatic heterocycles. The molecule has 158 valence electrons. The van der Waals surface area contributed by atoms with E-state index in [4.69, 9.17) is 0 Å². The van der Waals surface area contributed by atoms with E-state index >= 15 is 0 Å². The largest absolute Gasteiger partial charge is 0.246 e. The van der Waals surface area contributed by atoms with E-state index in [1.54, 1.807) is 12.4 Å². The van der Waals surface area contributed by atoms with Crippen LogP contribution in [0.3, 0.4) is 0 Å². The van der Waals surface area contributed by atoms with E-state index in [0.29, 0.717) is 5.56 Å². The molecule has 3 aromatic carbocycles. The van der Waals surface area contributed by atoms with Crippen LogP contribution >= 0.6 is 0 Å². The Hall–Kier alpha value is -3.33. The summed E-state index contributed by atoms with van der Waals surface area (Å²) in [5.74, 6) is 0. The van der Waals surface area contributed by atoms with Gasteiger partial charge in [0, 0.05) is 0 Å². The molecular weight excluding hydrogens is 383 g/mol. The number of alkyl halides is 1. The quantitative estimate of drug-likeness (QED) is 0.134. The van der Waals surface area contributed by atoms with Crippen molar-refractivity contribution in [1.29, 1.82) is 0 Å². The second-order valence-corrected chi connectivity index (χ2v) is 7.57. The van der Waals surface area contributed by atoms with Crippen LogP contribution in [0.1, 0.15) is 47.9 Å². The molecule has 0 saturated carbocycles. The number of aryl methyl sites for hydroxylation is 1. The van der Waals surface area contributed by atoms with Crippen LogP contribution < -0.4 is 0 Å². The minimum atomic E-state index is -0.434. The van der Waals surface area contributed by atoms with Gasteiger partial charge in [-0.1, -0.05) is 85.3 Å². The van der Waals surface area contributed by atoms with Gasteiger partial charge < -0.3 is 0 Å². The fourth-order valence-electron chi connectivity index (χ4n) is 3.31. The molecule has 3 aromatic rings. The summed E-state index contributed by atoms with van der Waals surface area (Å²) >= 11 is 0. The number of hydrogen-bond donors (Lipinski definition) is 0. The molecule has 3 heteroatoms. The van der Waals surface area contributed by atoms with E-state index in [0.717, 1.165) is 35.1 Å². The highest BCUT2D eigenvalue weighted by Gasteiger charge is 1.98. The Labute approximate surface area is 184 Å². The highest BCUT2D eigenvalue weighted by Crippen LogP contribution is 2.20. The van der Waals surface area contributed by atoms with Gasteiger partial charge in [-0.3, -0.25) is 0 Å². The van der Waals surface area contributed by atoms with Crippen molar-refractivity contribution in [2.45, 2.75) is 38.8 Å². The van der Waals surface area contributed by atoms with Crippen LogP contribution in [0.5, 0.6) is 0 Å². The number of benzene rings is 3. The molecule has 0 aliphatic carbocycles. The number of allylic oxidation sites excluding steroid dienone is 1. The van der Waals surface area contributed by atoms with Crippen molar-refractivity contribution >= 4 is 12.4 Å². The first-order valence-electron chi connectivity index (χ1n) is 10.8. The average Bonchev–Trinajstić information content (AvgIpc) is 2.83. The normalized spacial score (nSPS) is 11.4. The van der Waals surface area contributed by atoms with Gasteiger partial charge in [-0.25, -0.2) is 4.39 Å².